The predicted molar refractivity (Wildman–Crippen MR) is 121 cm³/mol. The SMILES string of the molecule is Cc1ccccc1OCc1nc2ccccc2n1CCCOc1c(C)cccc1C. The van der Waals surface area contributed by atoms with Gasteiger partial charge in [0.25, 0.3) is 0 Å². The molecule has 0 N–H and O–H groups in total. The third kappa shape index (κ3) is 4.33. The Morgan fingerprint density at radius 1 is 0.767 bits per heavy atom. The maximum atomic E-state index is 6.10. The molecule has 0 aliphatic carbocycles. The van der Waals surface area contributed by atoms with E-state index in [-0.39, 0.29) is 0 Å². The lowest BCUT2D eigenvalue weighted by atomic mass is 10.1. The lowest BCUT2D eigenvalue weighted by molar-refractivity contribution is 0.278. The summed E-state index contributed by atoms with van der Waals surface area (Å²) in [5.41, 5.74) is 5.61. The fourth-order valence-electron chi connectivity index (χ4n) is 3.77. The highest BCUT2D eigenvalue weighted by molar-refractivity contribution is 5.75. The summed E-state index contributed by atoms with van der Waals surface area (Å²) in [5.74, 6) is 2.83. The maximum Gasteiger partial charge on any atom is 0.148 e. The van der Waals surface area contributed by atoms with Crippen LogP contribution in [-0.4, -0.2) is 16.2 Å². The lowest BCUT2D eigenvalue weighted by Gasteiger charge is -2.14. The van der Waals surface area contributed by atoms with Crippen molar-refractivity contribution in [1.82, 2.24) is 9.55 Å². The minimum Gasteiger partial charge on any atom is -0.493 e. The minimum absolute atomic E-state index is 0.442. The molecule has 1 aromatic heterocycles. The van der Waals surface area contributed by atoms with Crippen molar-refractivity contribution in [3.63, 3.8) is 0 Å². The molecule has 0 amide bonds. The van der Waals surface area contributed by atoms with Gasteiger partial charge in [0.1, 0.15) is 23.9 Å². The smallest absolute Gasteiger partial charge is 0.148 e. The number of benzene rings is 3. The zero-order chi connectivity index (χ0) is 20.9. The average Bonchev–Trinajstić information content (AvgIpc) is 3.10. The molecule has 154 valence electrons. The van der Waals surface area contributed by atoms with Gasteiger partial charge in [-0.15, -0.1) is 0 Å². The van der Waals surface area contributed by atoms with E-state index in [0.29, 0.717) is 13.2 Å². The first-order chi connectivity index (χ1) is 14.6. The Morgan fingerprint density at radius 3 is 2.27 bits per heavy atom. The van der Waals surface area contributed by atoms with E-state index in [1.165, 1.54) is 11.1 Å². The van der Waals surface area contributed by atoms with Crippen LogP contribution in [0.5, 0.6) is 11.5 Å². The van der Waals surface area contributed by atoms with Crippen LogP contribution < -0.4 is 9.47 Å². The van der Waals surface area contributed by atoms with Crippen LogP contribution in [-0.2, 0) is 13.2 Å². The first-order valence-corrected chi connectivity index (χ1v) is 10.4. The standard InChI is InChI=1S/C26H28N2O2/c1-19-10-4-7-15-24(19)30-18-25-27-22-13-5-6-14-23(22)28(25)16-9-17-29-26-20(2)11-8-12-21(26)3/h4-8,10-15H,9,16-18H2,1-3H3. The Bertz CT molecular complexity index is 1130. The quantitative estimate of drug-likeness (QED) is 0.340. The number of aromatic nitrogens is 2. The summed E-state index contributed by atoms with van der Waals surface area (Å²) in [7, 11) is 0. The zero-order valence-electron chi connectivity index (χ0n) is 17.9. The molecule has 0 aliphatic rings. The summed E-state index contributed by atoms with van der Waals surface area (Å²) in [4.78, 5) is 4.82. The van der Waals surface area contributed by atoms with Crippen LogP contribution in [0.3, 0.4) is 0 Å². The van der Waals surface area contributed by atoms with Crippen molar-refractivity contribution in [3.8, 4) is 11.5 Å². The molecule has 0 saturated heterocycles. The second-order valence-corrected chi connectivity index (χ2v) is 7.65. The van der Waals surface area contributed by atoms with Crippen LogP contribution in [0.4, 0.5) is 0 Å². The molecule has 0 atom stereocenters. The number of hydrogen-bond donors (Lipinski definition) is 0. The van der Waals surface area contributed by atoms with Crippen molar-refractivity contribution in [3.05, 3.63) is 89.2 Å². The summed E-state index contributed by atoms with van der Waals surface area (Å²) >= 11 is 0. The fraction of sp³-hybridized carbons (Fsp3) is 0.269. The van der Waals surface area contributed by atoms with Gasteiger partial charge in [-0.05, 0) is 62.1 Å². The molecule has 0 unspecified atom stereocenters. The third-order valence-corrected chi connectivity index (χ3v) is 5.37. The van der Waals surface area contributed by atoms with E-state index in [9.17, 15) is 0 Å². The van der Waals surface area contributed by atoms with Crippen LogP contribution in [0.1, 0.15) is 28.9 Å². The van der Waals surface area contributed by atoms with Gasteiger partial charge in [-0.1, -0.05) is 48.5 Å². The molecule has 4 rings (SSSR count). The van der Waals surface area contributed by atoms with Crippen LogP contribution in [0.2, 0.25) is 0 Å². The van der Waals surface area contributed by atoms with E-state index in [0.717, 1.165) is 46.9 Å². The third-order valence-electron chi connectivity index (χ3n) is 5.37. The summed E-state index contributed by atoms with van der Waals surface area (Å²) in [5, 5.41) is 0. The number of para-hydroxylation sites is 4. The number of nitrogens with zero attached hydrogens (tertiary/aromatic N) is 2. The molecule has 0 aliphatic heterocycles. The molecule has 3 aromatic carbocycles. The number of imidazole rings is 1. The Balaban J connectivity index is 1.47. The van der Waals surface area contributed by atoms with Crippen molar-refractivity contribution in [1.29, 1.82) is 0 Å². The van der Waals surface area contributed by atoms with Gasteiger partial charge >= 0.3 is 0 Å². The second-order valence-electron chi connectivity index (χ2n) is 7.65. The maximum absolute atomic E-state index is 6.10. The molecule has 0 spiro atoms. The normalized spacial score (nSPS) is 11.0. The van der Waals surface area contributed by atoms with E-state index in [4.69, 9.17) is 14.5 Å². The Kier molecular flexibility index (Phi) is 6.03. The second kappa shape index (κ2) is 9.04. The van der Waals surface area contributed by atoms with Gasteiger partial charge in [-0.2, -0.15) is 0 Å². The number of ether oxygens (including phenoxy) is 2. The van der Waals surface area contributed by atoms with Gasteiger partial charge in [0.15, 0.2) is 0 Å². The first-order valence-electron chi connectivity index (χ1n) is 10.4. The highest BCUT2D eigenvalue weighted by Gasteiger charge is 2.12. The van der Waals surface area contributed by atoms with E-state index < -0.39 is 0 Å². The molecular weight excluding hydrogens is 372 g/mol. The summed E-state index contributed by atoms with van der Waals surface area (Å²) in [6.45, 7) is 8.17. The first kappa shape index (κ1) is 20.0. The zero-order valence-corrected chi connectivity index (χ0v) is 17.9. The van der Waals surface area contributed by atoms with Crippen molar-refractivity contribution < 1.29 is 9.47 Å². The van der Waals surface area contributed by atoms with Crippen molar-refractivity contribution in [2.75, 3.05) is 6.61 Å². The lowest BCUT2D eigenvalue weighted by Crippen LogP contribution is -2.11. The number of fused-ring (bicyclic) bond motifs is 1. The van der Waals surface area contributed by atoms with Gasteiger partial charge < -0.3 is 14.0 Å². The molecule has 4 nitrogen and oxygen atoms in total. The molecule has 0 fully saturated rings. The van der Waals surface area contributed by atoms with E-state index in [2.05, 4.69) is 67.8 Å². The Labute approximate surface area is 178 Å². The summed E-state index contributed by atoms with van der Waals surface area (Å²) in [6, 6.07) is 22.6. The predicted octanol–water partition coefficient (Wildman–Crippen LogP) is 6.01. The highest BCUT2D eigenvalue weighted by Crippen LogP contribution is 2.23. The number of hydrogen-bond acceptors (Lipinski definition) is 3. The van der Waals surface area contributed by atoms with E-state index >= 15 is 0 Å². The van der Waals surface area contributed by atoms with Gasteiger partial charge in [-0.3, -0.25) is 0 Å². The molecule has 0 bridgehead atoms. The van der Waals surface area contributed by atoms with Gasteiger partial charge in [-0.25, -0.2) is 4.98 Å². The fourth-order valence-corrected chi connectivity index (χ4v) is 3.77. The molecule has 0 saturated carbocycles. The molecular formula is C26H28N2O2. The molecule has 1 heterocycles. The summed E-state index contributed by atoms with van der Waals surface area (Å²) < 4.78 is 14.4. The van der Waals surface area contributed by atoms with Crippen molar-refractivity contribution in [2.45, 2.75) is 40.3 Å². The molecule has 30 heavy (non-hydrogen) atoms. The van der Waals surface area contributed by atoms with Crippen molar-refractivity contribution in [2.24, 2.45) is 0 Å². The van der Waals surface area contributed by atoms with Gasteiger partial charge in [0, 0.05) is 6.54 Å². The van der Waals surface area contributed by atoms with Crippen LogP contribution in [0.15, 0.2) is 66.7 Å². The molecule has 0 radical (unpaired) electrons. The van der Waals surface area contributed by atoms with Gasteiger partial charge in [0.05, 0.1) is 17.6 Å². The largest absolute Gasteiger partial charge is 0.493 e. The monoisotopic (exact) mass is 400 g/mol. The minimum atomic E-state index is 0.442. The molecule has 4 heteroatoms. The molecule has 4 aromatic rings. The number of aryl methyl sites for hydroxylation is 4. The number of rotatable bonds is 8. The van der Waals surface area contributed by atoms with Crippen LogP contribution in [0, 0.1) is 20.8 Å². The average molecular weight is 401 g/mol. The van der Waals surface area contributed by atoms with E-state index in [1.807, 2.05) is 24.3 Å². The topological polar surface area (TPSA) is 36.3 Å². The van der Waals surface area contributed by atoms with Crippen LogP contribution in [0.25, 0.3) is 11.0 Å². The van der Waals surface area contributed by atoms with Crippen molar-refractivity contribution >= 4 is 11.0 Å². The highest BCUT2D eigenvalue weighted by atomic mass is 16.5. The van der Waals surface area contributed by atoms with Gasteiger partial charge in [0.2, 0.25) is 0 Å². The Hall–Kier alpha value is -3.27. The summed E-state index contributed by atoms with van der Waals surface area (Å²) in [6.07, 6.45) is 0.894. The van der Waals surface area contributed by atoms with E-state index in [1.54, 1.807) is 0 Å². The van der Waals surface area contributed by atoms with Crippen LogP contribution >= 0.6 is 0 Å². The Morgan fingerprint density at radius 2 is 1.47 bits per heavy atom.